The Balaban J connectivity index is 2.56. The average molecular weight is 251 g/mol. The highest BCUT2D eigenvalue weighted by Gasteiger charge is 2.14. The first kappa shape index (κ1) is 12.0. The first-order valence-corrected chi connectivity index (χ1v) is 6.02. The predicted molar refractivity (Wildman–Crippen MR) is 68.0 cm³/mol. The van der Waals surface area contributed by atoms with Crippen LogP contribution in [0.5, 0.6) is 0 Å². The van der Waals surface area contributed by atoms with Crippen LogP contribution < -0.4 is 0 Å². The summed E-state index contributed by atoms with van der Waals surface area (Å²) in [7, 11) is 1.94. The molecule has 0 bridgehead atoms. The van der Waals surface area contributed by atoms with E-state index in [2.05, 4.69) is 21.9 Å². The van der Waals surface area contributed by atoms with Gasteiger partial charge >= 0.3 is 0 Å². The lowest BCUT2D eigenvalue weighted by Crippen LogP contribution is -2.03. The molecule has 5 heteroatoms. The third-order valence-electron chi connectivity index (χ3n) is 2.64. The molecule has 0 aliphatic heterocycles. The second kappa shape index (κ2) is 4.84. The number of rotatable bonds is 3. The Labute approximate surface area is 106 Å². The standard InChI is InChI=1S/C12H15ClN4/c1-4-5-9-15-10(8(2)11(13)16-9)12-14-6-7-17(12)3/h6-7H,4-5H2,1-3H3. The SMILES string of the molecule is CCCc1nc(Cl)c(C)c(-c2nccn2C)n1. The molecule has 0 atom stereocenters. The minimum absolute atomic E-state index is 0.515. The van der Waals surface area contributed by atoms with Crippen molar-refractivity contribution in [3.8, 4) is 11.5 Å². The van der Waals surface area contributed by atoms with Gasteiger partial charge in [-0.2, -0.15) is 0 Å². The summed E-state index contributed by atoms with van der Waals surface area (Å²) in [6.07, 6.45) is 5.48. The lowest BCUT2D eigenvalue weighted by Gasteiger charge is -2.08. The van der Waals surface area contributed by atoms with Crippen molar-refractivity contribution in [3.63, 3.8) is 0 Å². The van der Waals surface area contributed by atoms with Crippen molar-refractivity contribution < 1.29 is 0 Å². The molecular weight excluding hydrogens is 236 g/mol. The van der Waals surface area contributed by atoms with E-state index in [4.69, 9.17) is 11.6 Å². The van der Waals surface area contributed by atoms with Crippen molar-refractivity contribution in [3.05, 3.63) is 28.9 Å². The maximum absolute atomic E-state index is 6.14. The highest BCUT2D eigenvalue weighted by molar-refractivity contribution is 6.30. The lowest BCUT2D eigenvalue weighted by atomic mass is 10.2. The molecule has 2 aromatic heterocycles. The van der Waals surface area contributed by atoms with Crippen molar-refractivity contribution in [2.24, 2.45) is 7.05 Å². The van der Waals surface area contributed by atoms with Crippen LogP contribution in [0.15, 0.2) is 12.4 Å². The summed E-state index contributed by atoms with van der Waals surface area (Å²) in [5, 5.41) is 0.515. The molecule has 0 saturated heterocycles. The molecule has 17 heavy (non-hydrogen) atoms. The van der Waals surface area contributed by atoms with Gasteiger partial charge in [0.25, 0.3) is 0 Å². The zero-order valence-corrected chi connectivity index (χ0v) is 11.0. The van der Waals surface area contributed by atoms with Crippen LogP contribution in [-0.2, 0) is 13.5 Å². The minimum atomic E-state index is 0.515. The van der Waals surface area contributed by atoms with Gasteiger partial charge in [0.05, 0.1) is 0 Å². The summed E-state index contributed by atoms with van der Waals surface area (Å²) in [6, 6.07) is 0. The van der Waals surface area contributed by atoms with Crippen molar-refractivity contribution in [1.29, 1.82) is 0 Å². The van der Waals surface area contributed by atoms with Gasteiger partial charge in [0.2, 0.25) is 0 Å². The maximum atomic E-state index is 6.14. The van der Waals surface area contributed by atoms with E-state index in [1.165, 1.54) is 0 Å². The Morgan fingerprint density at radius 1 is 1.35 bits per heavy atom. The fraction of sp³-hybridized carbons (Fsp3) is 0.417. The van der Waals surface area contributed by atoms with E-state index in [1.54, 1.807) is 6.20 Å². The summed E-state index contributed by atoms with van der Waals surface area (Å²) >= 11 is 6.14. The molecule has 4 nitrogen and oxygen atoms in total. The van der Waals surface area contributed by atoms with Crippen LogP contribution >= 0.6 is 11.6 Å². The Hall–Kier alpha value is -1.42. The fourth-order valence-corrected chi connectivity index (χ4v) is 1.87. The molecule has 0 unspecified atom stereocenters. The Morgan fingerprint density at radius 2 is 2.12 bits per heavy atom. The van der Waals surface area contributed by atoms with Crippen LogP contribution in [0.2, 0.25) is 5.15 Å². The first-order valence-electron chi connectivity index (χ1n) is 5.64. The van der Waals surface area contributed by atoms with E-state index in [0.717, 1.165) is 35.7 Å². The zero-order chi connectivity index (χ0) is 12.4. The highest BCUT2D eigenvalue weighted by atomic mass is 35.5. The Bertz CT molecular complexity index is 533. The van der Waals surface area contributed by atoms with E-state index >= 15 is 0 Å². The molecule has 2 aromatic rings. The number of aromatic nitrogens is 4. The third-order valence-corrected chi connectivity index (χ3v) is 3.01. The van der Waals surface area contributed by atoms with Gasteiger partial charge in [-0.05, 0) is 13.3 Å². The quantitative estimate of drug-likeness (QED) is 0.787. The van der Waals surface area contributed by atoms with E-state index in [9.17, 15) is 0 Å². The number of hydrogen-bond acceptors (Lipinski definition) is 3. The maximum Gasteiger partial charge on any atom is 0.158 e. The molecule has 0 amide bonds. The number of imidazole rings is 1. The largest absolute Gasteiger partial charge is 0.333 e. The summed E-state index contributed by atoms with van der Waals surface area (Å²) in [4.78, 5) is 13.1. The number of halogens is 1. The van der Waals surface area contributed by atoms with Gasteiger partial charge in [-0.1, -0.05) is 18.5 Å². The number of nitrogens with zero attached hydrogens (tertiary/aromatic N) is 4. The average Bonchev–Trinajstić information content (AvgIpc) is 2.70. The van der Waals surface area contributed by atoms with Crippen molar-refractivity contribution >= 4 is 11.6 Å². The normalized spacial score (nSPS) is 10.8. The van der Waals surface area contributed by atoms with Crippen LogP contribution in [0.3, 0.4) is 0 Å². The van der Waals surface area contributed by atoms with Crippen LogP contribution in [0.1, 0.15) is 24.7 Å². The van der Waals surface area contributed by atoms with Gasteiger partial charge in [0, 0.05) is 31.4 Å². The van der Waals surface area contributed by atoms with E-state index in [0.29, 0.717) is 5.15 Å². The molecule has 0 radical (unpaired) electrons. The molecule has 0 saturated carbocycles. The van der Waals surface area contributed by atoms with Crippen molar-refractivity contribution in [2.75, 3.05) is 0 Å². The number of hydrogen-bond donors (Lipinski definition) is 0. The molecule has 2 rings (SSSR count). The Kier molecular flexibility index (Phi) is 3.43. The minimum Gasteiger partial charge on any atom is -0.333 e. The molecule has 0 fully saturated rings. The second-order valence-electron chi connectivity index (χ2n) is 4.02. The molecule has 90 valence electrons. The molecule has 0 aliphatic carbocycles. The van der Waals surface area contributed by atoms with Gasteiger partial charge in [0.1, 0.15) is 16.7 Å². The molecule has 2 heterocycles. The van der Waals surface area contributed by atoms with Crippen LogP contribution in [0.25, 0.3) is 11.5 Å². The fourth-order valence-electron chi connectivity index (χ4n) is 1.68. The third kappa shape index (κ3) is 2.31. The van der Waals surface area contributed by atoms with E-state index < -0.39 is 0 Å². The summed E-state index contributed by atoms with van der Waals surface area (Å²) < 4.78 is 1.93. The lowest BCUT2D eigenvalue weighted by molar-refractivity contribution is 0.825. The molecular formula is C12H15ClN4. The van der Waals surface area contributed by atoms with Crippen LogP contribution in [0.4, 0.5) is 0 Å². The molecule has 0 N–H and O–H groups in total. The van der Waals surface area contributed by atoms with Crippen LogP contribution in [-0.4, -0.2) is 19.5 Å². The van der Waals surface area contributed by atoms with Gasteiger partial charge in [-0.15, -0.1) is 0 Å². The molecule has 0 aliphatic rings. The van der Waals surface area contributed by atoms with Gasteiger partial charge < -0.3 is 4.57 Å². The first-order chi connectivity index (χ1) is 8.13. The monoisotopic (exact) mass is 250 g/mol. The Morgan fingerprint density at radius 3 is 2.71 bits per heavy atom. The zero-order valence-electron chi connectivity index (χ0n) is 10.2. The summed E-state index contributed by atoms with van der Waals surface area (Å²) in [5.74, 6) is 1.60. The van der Waals surface area contributed by atoms with Gasteiger partial charge in [-0.3, -0.25) is 0 Å². The van der Waals surface area contributed by atoms with Crippen molar-refractivity contribution in [2.45, 2.75) is 26.7 Å². The predicted octanol–water partition coefficient (Wildman–Crippen LogP) is 2.79. The molecule has 0 spiro atoms. The highest BCUT2D eigenvalue weighted by Crippen LogP contribution is 2.24. The smallest absolute Gasteiger partial charge is 0.158 e. The van der Waals surface area contributed by atoms with E-state index in [-0.39, 0.29) is 0 Å². The van der Waals surface area contributed by atoms with Gasteiger partial charge in [-0.25, -0.2) is 15.0 Å². The second-order valence-corrected chi connectivity index (χ2v) is 4.37. The van der Waals surface area contributed by atoms with Crippen LogP contribution in [0, 0.1) is 6.92 Å². The summed E-state index contributed by atoms with van der Waals surface area (Å²) in [5.41, 5.74) is 1.70. The van der Waals surface area contributed by atoms with E-state index in [1.807, 2.05) is 24.7 Å². The topological polar surface area (TPSA) is 43.6 Å². The molecule has 0 aromatic carbocycles. The van der Waals surface area contributed by atoms with Crippen molar-refractivity contribution in [1.82, 2.24) is 19.5 Å². The summed E-state index contributed by atoms with van der Waals surface area (Å²) in [6.45, 7) is 4.01. The number of aryl methyl sites for hydroxylation is 2. The van der Waals surface area contributed by atoms with Gasteiger partial charge in [0.15, 0.2) is 5.82 Å².